The Morgan fingerprint density at radius 3 is 2.59 bits per heavy atom. The Balaban J connectivity index is 1.78. The molecule has 0 bridgehead atoms. The van der Waals surface area contributed by atoms with Gasteiger partial charge in [-0.25, -0.2) is 9.37 Å². The molecule has 3 rings (SSSR count). The maximum absolute atomic E-state index is 13.4. The lowest BCUT2D eigenvalue weighted by Crippen LogP contribution is -2.00. The number of benzene rings is 2. The van der Waals surface area contributed by atoms with Gasteiger partial charge >= 0.3 is 5.69 Å². The summed E-state index contributed by atoms with van der Waals surface area (Å²) in [4.78, 5) is 14.9. The van der Waals surface area contributed by atoms with Crippen molar-refractivity contribution in [3.8, 4) is 27.8 Å². The van der Waals surface area contributed by atoms with Gasteiger partial charge in [0.05, 0.1) is 24.8 Å². The zero-order valence-electron chi connectivity index (χ0n) is 14.5. The van der Waals surface area contributed by atoms with E-state index in [1.54, 1.807) is 31.7 Å². The molecule has 0 spiro atoms. The molecule has 0 atom stereocenters. The second-order valence-electron chi connectivity index (χ2n) is 5.37. The highest BCUT2D eigenvalue weighted by molar-refractivity contribution is 7.13. The van der Waals surface area contributed by atoms with Gasteiger partial charge in [-0.05, 0) is 24.3 Å². The van der Waals surface area contributed by atoms with Crippen LogP contribution in [0.1, 0.15) is 5.69 Å². The predicted octanol–water partition coefficient (Wildman–Crippen LogP) is 4.45. The van der Waals surface area contributed by atoms with Gasteiger partial charge in [0.2, 0.25) is 0 Å². The number of aromatic nitrogens is 1. The summed E-state index contributed by atoms with van der Waals surface area (Å²) in [5.41, 5.74) is 1.11. The standard InChI is InChI=1S/C18H15FN2O5S/c1-24-15-6-3-11(7-17(15)25-2)18-20-13(10-27-18)9-26-16-8-12(19)4-5-14(16)21(22)23/h3-8,10H,9H2,1-2H3. The number of rotatable bonds is 7. The number of hydrogen-bond acceptors (Lipinski definition) is 7. The minimum absolute atomic E-state index is 0.0198. The number of nitro groups is 1. The SMILES string of the molecule is COc1ccc(-c2nc(COc3cc(F)ccc3[N+](=O)[O-])cs2)cc1OC. The fourth-order valence-electron chi connectivity index (χ4n) is 2.38. The first kappa shape index (κ1) is 18.6. The smallest absolute Gasteiger partial charge is 0.311 e. The van der Waals surface area contributed by atoms with Gasteiger partial charge in [-0.15, -0.1) is 11.3 Å². The zero-order valence-corrected chi connectivity index (χ0v) is 15.3. The number of nitrogens with zero attached hydrogens (tertiary/aromatic N) is 2. The number of methoxy groups -OCH3 is 2. The molecule has 1 aromatic heterocycles. The van der Waals surface area contributed by atoms with E-state index in [0.29, 0.717) is 17.2 Å². The highest BCUT2D eigenvalue weighted by Gasteiger charge is 2.17. The van der Waals surface area contributed by atoms with Crippen LogP contribution in [-0.2, 0) is 6.61 Å². The topological polar surface area (TPSA) is 83.7 Å². The Morgan fingerprint density at radius 1 is 1.11 bits per heavy atom. The number of ether oxygens (including phenoxy) is 3. The molecule has 3 aromatic rings. The van der Waals surface area contributed by atoms with E-state index in [4.69, 9.17) is 14.2 Å². The van der Waals surface area contributed by atoms with E-state index in [9.17, 15) is 14.5 Å². The van der Waals surface area contributed by atoms with Crippen LogP contribution in [0.5, 0.6) is 17.2 Å². The molecule has 0 saturated carbocycles. The van der Waals surface area contributed by atoms with Crippen LogP contribution in [0.3, 0.4) is 0 Å². The van der Waals surface area contributed by atoms with Crippen LogP contribution >= 0.6 is 11.3 Å². The van der Waals surface area contributed by atoms with Crippen molar-refractivity contribution in [2.24, 2.45) is 0 Å². The number of thiazole rings is 1. The highest BCUT2D eigenvalue weighted by Crippen LogP contribution is 2.34. The summed E-state index contributed by atoms with van der Waals surface area (Å²) in [7, 11) is 3.11. The molecule has 0 unspecified atom stereocenters. The molecule has 2 aromatic carbocycles. The van der Waals surface area contributed by atoms with Crippen LogP contribution in [0.25, 0.3) is 10.6 Å². The molecule has 7 nitrogen and oxygen atoms in total. The second-order valence-corrected chi connectivity index (χ2v) is 6.23. The third-order valence-corrected chi connectivity index (χ3v) is 4.62. The molecule has 0 saturated heterocycles. The van der Waals surface area contributed by atoms with Gasteiger partial charge < -0.3 is 14.2 Å². The molecule has 0 aliphatic heterocycles. The Morgan fingerprint density at radius 2 is 1.89 bits per heavy atom. The lowest BCUT2D eigenvalue weighted by atomic mass is 10.2. The molecule has 0 aliphatic carbocycles. The first-order chi connectivity index (χ1) is 13.0. The van der Waals surface area contributed by atoms with Gasteiger partial charge in [-0.3, -0.25) is 10.1 Å². The lowest BCUT2D eigenvalue weighted by molar-refractivity contribution is -0.386. The molecule has 0 aliphatic rings. The number of hydrogen-bond donors (Lipinski definition) is 0. The first-order valence-corrected chi connectivity index (χ1v) is 8.63. The monoisotopic (exact) mass is 390 g/mol. The van der Waals surface area contributed by atoms with Crippen LogP contribution in [0.15, 0.2) is 41.8 Å². The van der Waals surface area contributed by atoms with E-state index in [1.807, 2.05) is 6.07 Å². The molecule has 27 heavy (non-hydrogen) atoms. The summed E-state index contributed by atoms with van der Waals surface area (Å²) in [6.07, 6.45) is 0. The van der Waals surface area contributed by atoms with E-state index < -0.39 is 10.7 Å². The summed E-state index contributed by atoms with van der Waals surface area (Å²) in [5.74, 6) is 0.443. The third-order valence-electron chi connectivity index (χ3n) is 3.68. The van der Waals surface area contributed by atoms with Crippen LogP contribution < -0.4 is 14.2 Å². The van der Waals surface area contributed by atoms with Crippen LogP contribution in [0, 0.1) is 15.9 Å². The van der Waals surface area contributed by atoms with Crippen LogP contribution in [0.2, 0.25) is 0 Å². The molecule has 0 fully saturated rings. The van der Waals surface area contributed by atoms with Gasteiger partial charge in [0.15, 0.2) is 17.2 Å². The molecular formula is C18H15FN2O5S. The molecular weight excluding hydrogens is 375 g/mol. The minimum Gasteiger partial charge on any atom is -0.493 e. The van der Waals surface area contributed by atoms with Crippen molar-refractivity contribution in [1.82, 2.24) is 4.98 Å². The second kappa shape index (κ2) is 8.00. The fraction of sp³-hybridized carbons (Fsp3) is 0.167. The lowest BCUT2D eigenvalue weighted by Gasteiger charge is -2.08. The Bertz CT molecular complexity index is 976. The van der Waals surface area contributed by atoms with Crippen molar-refractivity contribution >= 4 is 17.0 Å². The molecule has 140 valence electrons. The number of nitro benzene ring substituents is 1. The average Bonchev–Trinajstić information content (AvgIpc) is 3.14. The maximum Gasteiger partial charge on any atom is 0.311 e. The van der Waals surface area contributed by atoms with Crippen molar-refractivity contribution in [3.05, 3.63) is 63.4 Å². The Kier molecular flexibility index (Phi) is 5.51. The van der Waals surface area contributed by atoms with Gasteiger partial charge in [0.25, 0.3) is 0 Å². The van der Waals surface area contributed by atoms with Gasteiger partial charge in [-0.2, -0.15) is 0 Å². The minimum atomic E-state index is -0.620. The summed E-state index contributed by atoms with van der Waals surface area (Å²) in [6.45, 7) is -0.0198. The Labute approximate surface area is 158 Å². The maximum atomic E-state index is 13.4. The zero-order chi connectivity index (χ0) is 19.4. The number of halogens is 1. The van der Waals surface area contributed by atoms with E-state index in [0.717, 1.165) is 28.8 Å². The van der Waals surface area contributed by atoms with E-state index in [-0.39, 0.29) is 18.0 Å². The van der Waals surface area contributed by atoms with E-state index in [1.165, 1.54) is 11.3 Å². The Hall–Kier alpha value is -3.20. The average molecular weight is 390 g/mol. The van der Waals surface area contributed by atoms with Gasteiger partial charge in [0.1, 0.15) is 17.4 Å². The van der Waals surface area contributed by atoms with Crippen molar-refractivity contribution < 1.29 is 23.5 Å². The van der Waals surface area contributed by atoms with Crippen molar-refractivity contribution in [2.75, 3.05) is 14.2 Å². The molecule has 0 amide bonds. The summed E-state index contributed by atoms with van der Waals surface area (Å²) < 4.78 is 29.3. The summed E-state index contributed by atoms with van der Waals surface area (Å²) in [5, 5.41) is 13.5. The first-order valence-electron chi connectivity index (χ1n) is 7.75. The summed E-state index contributed by atoms with van der Waals surface area (Å²) in [6, 6.07) is 8.51. The van der Waals surface area contributed by atoms with Crippen molar-refractivity contribution in [1.29, 1.82) is 0 Å². The van der Waals surface area contributed by atoms with Gasteiger partial charge in [0, 0.05) is 23.1 Å². The van der Waals surface area contributed by atoms with Crippen molar-refractivity contribution in [2.45, 2.75) is 6.61 Å². The summed E-state index contributed by atoms with van der Waals surface area (Å²) >= 11 is 1.39. The van der Waals surface area contributed by atoms with Crippen LogP contribution in [-0.4, -0.2) is 24.1 Å². The fourth-order valence-corrected chi connectivity index (χ4v) is 3.18. The normalized spacial score (nSPS) is 10.5. The predicted molar refractivity (Wildman–Crippen MR) is 98.0 cm³/mol. The molecule has 0 N–H and O–H groups in total. The largest absolute Gasteiger partial charge is 0.493 e. The van der Waals surface area contributed by atoms with E-state index >= 15 is 0 Å². The molecule has 1 heterocycles. The van der Waals surface area contributed by atoms with Crippen molar-refractivity contribution in [3.63, 3.8) is 0 Å². The quantitative estimate of drug-likeness (QED) is 0.438. The van der Waals surface area contributed by atoms with Gasteiger partial charge in [-0.1, -0.05) is 0 Å². The molecule has 0 radical (unpaired) electrons. The van der Waals surface area contributed by atoms with E-state index in [2.05, 4.69) is 4.98 Å². The third kappa shape index (κ3) is 4.14. The van der Waals surface area contributed by atoms with Crippen LogP contribution in [0.4, 0.5) is 10.1 Å². The highest BCUT2D eigenvalue weighted by atomic mass is 32.1. The molecule has 9 heteroatoms.